The summed E-state index contributed by atoms with van der Waals surface area (Å²) < 4.78 is 27.0. The Morgan fingerprint density at radius 1 is 1.03 bits per heavy atom. The van der Waals surface area contributed by atoms with Crippen LogP contribution in [-0.4, -0.2) is 55.6 Å². The lowest BCUT2D eigenvalue weighted by Crippen LogP contribution is -2.49. The predicted molar refractivity (Wildman–Crippen MR) is 110 cm³/mol. The zero-order chi connectivity index (χ0) is 21.0. The van der Waals surface area contributed by atoms with E-state index in [9.17, 15) is 18.0 Å². The lowest BCUT2D eigenvalue weighted by atomic mass is 10.2. The molecule has 0 aromatic heterocycles. The molecule has 2 amide bonds. The van der Waals surface area contributed by atoms with Crippen LogP contribution < -0.4 is 5.32 Å². The summed E-state index contributed by atoms with van der Waals surface area (Å²) in [5, 5.41) is 3.38. The second kappa shape index (κ2) is 8.94. The van der Waals surface area contributed by atoms with E-state index in [-0.39, 0.29) is 29.8 Å². The molecule has 0 aliphatic carbocycles. The van der Waals surface area contributed by atoms with Crippen molar-refractivity contribution in [3.8, 4) is 0 Å². The van der Waals surface area contributed by atoms with Crippen LogP contribution in [-0.2, 0) is 21.4 Å². The monoisotopic (exact) mass is 435 g/mol. The van der Waals surface area contributed by atoms with E-state index >= 15 is 0 Å². The fraction of sp³-hybridized carbons (Fsp3) is 0.300. The number of amides is 2. The van der Waals surface area contributed by atoms with Gasteiger partial charge in [0.2, 0.25) is 15.9 Å². The number of carbonyl (C=O) groups excluding carboxylic acids is 2. The van der Waals surface area contributed by atoms with Gasteiger partial charge in [-0.2, -0.15) is 4.31 Å². The Kier molecular flexibility index (Phi) is 6.56. The number of rotatable bonds is 5. The van der Waals surface area contributed by atoms with E-state index < -0.39 is 10.0 Å². The number of halogens is 1. The Hall–Kier alpha value is -2.42. The molecule has 0 radical (unpaired) electrons. The molecule has 7 nitrogen and oxygen atoms in total. The Morgan fingerprint density at radius 2 is 1.69 bits per heavy atom. The summed E-state index contributed by atoms with van der Waals surface area (Å²) in [4.78, 5) is 25.5. The fourth-order valence-electron chi connectivity index (χ4n) is 3.10. The van der Waals surface area contributed by atoms with E-state index in [1.165, 1.54) is 35.5 Å². The molecule has 2 aromatic rings. The van der Waals surface area contributed by atoms with Gasteiger partial charge < -0.3 is 10.2 Å². The van der Waals surface area contributed by atoms with Crippen molar-refractivity contribution in [3.05, 3.63) is 64.7 Å². The number of sulfonamides is 1. The molecule has 1 saturated heterocycles. The van der Waals surface area contributed by atoms with Gasteiger partial charge in [0.1, 0.15) is 0 Å². The van der Waals surface area contributed by atoms with Crippen molar-refractivity contribution in [3.63, 3.8) is 0 Å². The summed E-state index contributed by atoms with van der Waals surface area (Å²) in [6, 6.07) is 13.0. The van der Waals surface area contributed by atoms with Crippen molar-refractivity contribution >= 4 is 33.4 Å². The van der Waals surface area contributed by atoms with Gasteiger partial charge in [0.15, 0.2) is 0 Å². The van der Waals surface area contributed by atoms with Gasteiger partial charge in [-0.3, -0.25) is 9.59 Å². The molecule has 154 valence electrons. The fourth-order valence-corrected chi connectivity index (χ4v) is 4.74. The molecule has 1 aliphatic rings. The van der Waals surface area contributed by atoms with Gasteiger partial charge in [-0.05, 0) is 42.0 Å². The SMILES string of the molecule is CC(=O)N1CCN(S(=O)(=O)c2ccc(C(=O)NCc3cccc(Cl)c3)cc2)CC1. The number of hydrogen-bond donors (Lipinski definition) is 1. The number of benzene rings is 2. The normalized spacial score (nSPS) is 15.2. The summed E-state index contributed by atoms with van der Waals surface area (Å²) in [6.45, 7) is 3.05. The first kappa shape index (κ1) is 21.3. The van der Waals surface area contributed by atoms with E-state index in [0.29, 0.717) is 30.2 Å². The minimum Gasteiger partial charge on any atom is -0.348 e. The minimum atomic E-state index is -3.66. The van der Waals surface area contributed by atoms with E-state index in [4.69, 9.17) is 11.6 Å². The van der Waals surface area contributed by atoms with Crippen LogP contribution in [0.5, 0.6) is 0 Å². The standard InChI is InChI=1S/C20H22ClN3O4S/c1-15(25)23-9-11-24(12-10-23)29(27,28)19-7-5-17(6-8-19)20(26)22-14-16-3-2-4-18(21)13-16/h2-8,13H,9-12,14H2,1H3,(H,22,26). The van der Waals surface area contributed by atoms with Gasteiger partial charge in [0, 0.05) is 50.2 Å². The average molecular weight is 436 g/mol. The van der Waals surface area contributed by atoms with E-state index in [1.54, 1.807) is 23.1 Å². The first-order valence-corrected chi connectivity index (χ1v) is 11.0. The smallest absolute Gasteiger partial charge is 0.251 e. The zero-order valence-electron chi connectivity index (χ0n) is 16.0. The molecule has 0 spiro atoms. The van der Waals surface area contributed by atoms with Gasteiger partial charge in [-0.15, -0.1) is 0 Å². The number of nitrogens with zero attached hydrogens (tertiary/aromatic N) is 2. The first-order valence-electron chi connectivity index (χ1n) is 9.16. The molecular weight excluding hydrogens is 414 g/mol. The van der Waals surface area contributed by atoms with E-state index in [2.05, 4.69) is 5.32 Å². The number of hydrogen-bond acceptors (Lipinski definition) is 4. The Labute approximate surface area is 175 Å². The molecule has 0 unspecified atom stereocenters. The average Bonchev–Trinajstić information content (AvgIpc) is 2.72. The van der Waals surface area contributed by atoms with Crippen LogP contribution in [0.1, 0.15) is 22.8 Å². The summed E-state index contributed by atoms with van der Waals surface area (Å²) in [6.07, 6.45) is 0. The maximum Gasteiger partial charge on any atom is 0.251 e. The maximum atomic E-state index is 12.8. The Morgan fingerprint density at radius 3 is 2.28 bits per heavy atom. The highest BCUT2D eigenvalue weighted by molar-refractivity contribution is 7.89. The van der Waals surface area contributed by atoms with Gasteiger partial charge >= 0.3 is 0 Å². The van der Waals surface area contributed by atoms with Crippen molar-refractivity contribution in [2.75, 3.05) is 26.2 Å². The van der Waals surface area contributed by atoms with Gasteiger partial charge in [-0.25, -0.2) is 8.42 Å². The molecule has 3 rings (SSSR count). The van der Waals surface area contributed by atoms with Crippen LogP contribution in [0, 0.1) is 0 Å². The van der Waals surface area contributed by atoms with Crippen molar-refractivity contribution in [2.45, 2.75) is 18.4 Å². The second-order valence-corrected chi connectivity index (χ2v) is 9.12. The summed E-state index contributed by atoms with van der Waals surface area (Å²) in [5.41, 5.74) is 1.24. The molecule has 1 heterocycles. The highest BCUT2D eigenvalue weighted by Crippen LogP contribution is 2.18. The van der Waals surface area contributed by atoms with Crippen LogP contribution >= 0.6 is 11.6 Å². The van der Waals surface area contributed by atoms with Crippen LogP contribution in [0.15, 0.2) is 53.4 Å². The lowest BCUT2D eigenvalue weighted by Gasteiger charge is -2.33. The van der Waals surface area contributed by atoms with E-state index in [1.807, 2.05) is 6.07 Å². The molecule has 29 heavy (non-hydrogen) atoms. The molecular formula is C20H22ClN3O4S. The molecule has 0 bridgehead atoms. The first-order chi connectivity index (χ1) is 13.8. The number of piperazine rings is 1. The van der Waals surface area contributed by atoms with Gasteiger partial charge in [0.05, 0.1) is 4.90 Å². The quantitative estimate of drug-likeness (QED) is 0.779. The number of carbonyl (C=O) groups is 2. The highest BCUT2D eigenvalue weighted by atomic mass is 35.5. The van der Waals surface area contributed by atoms with Crippen LogP contribution in [0.25, 0.3) is 0 Å². The molecule has 2 aromatic carbocycles. The molecule has 1 fully saturated rings. The largest absolute Gasteiger partial charge is 0.348 e. The third-order valence-electron chi connectivity index (χ3n) is 4.78. The summed E-state index contributed by atoms with van der Waals surface area (Å²) in [5.74, 6) is -0.362. The Bertz CT molecular complexity index is 1000. The molecule has 1 aliphatic heterocycles. The van der Waals surface area contributed by atoms with E-state index in [0.717, 1.165) is 5.56 Å². The summed E-state index contributed by atoms with van der Waals surface area (Å²) >= 11 is 5.93. The van der Waals surface area contributed by atoms with Crippen molar-refractivity contribution in [1.82, 2.24) is 14.5 Å². The van der Waals surface area contributed by atoms with Crippen LogP contribution in [0.3, 0.4) is 0 Å². The molecule has 9 heteroatoms. The summed E-state index contributed by atoms with van der Waals surface area (Å²) in [7, 11) is -3.66. The number of nitrogens with one attached hydrogen (secondary N) is 1. The lowest BCUT2D eigenvalue weighted by molar-refractivity contribution is -0.129. The maximum absolute atomic E-state index is 12.8. The van der Waals surface area contributed by atoms with Crippen molar-refractivity contribution in [2.24, 2.45) is 0 Å². The third kappa shape index (κ3) is 5.14. The Balaban J connectivity index is 1.63. The van der Waals surface area contributed by atoms with Gasteiger partial charge in [-0.1, -0.05) is 23.7 Å². The van der Waals surface area contributed by atoms with Gasteiger partial charge in [0.25, 0.3) is 5.91 Å². The van der Waals surface area contributed by atoms with Crippen LogP contribution in [0.4, 0.5) is 0 Å². The zero-order valence-corrected chi connectivity index (χ0v) is 17.5. The molecule has 1 N–H and O–H groups in total. The molecule has 0 saturated carbocycles. The second-order valence-electron chi connectivity index (χ2n) is 6.75. The van der Waals surface area contributed by atoms with Crippen molar-refractivity contribution < 1.29 is 18.0 Å². The predicted octanol–water partition coefficient (Wildman–Crippen LogP) is 2.12. The minimum absolute atomic E-state index is 0.0600. The van der Waals surface area contributed by atoms with Crippen molar-refractivity contribution in [1.29, 1.82) is 0 Å². The highest BCUT2D eigenvalue weighted by Gasteiger charge is 2.29. The third-order valence-corrected chi connectivity index (χ3v) is 6.93. The molecule has 0 atom stereocenters. The topological polar surface area (TPSA) is 86.8 Å². The van der Waals surface area contributed by atoms with Crippen LogP contribution in [0.2, 0.25) is 5.02 Å².